The Hall–Kier alpha value is -0.930. The molecule has 0 amide bonds. The third-order valence-corrected chi connectivity index (χ3v) is 3.96. The number of benzene rings is 1. The summed E-state index contributed by atoms with van der Waals surface area (Å²) in [6.07, 6.45) is 0. The standard InChI is InChI=1S/C12H12OS2/c1-13-11-4-2-10(3-5-11)8-15-12-6-7-14-9-12/h2-7,9H,8H2,1H3. The number of hydrogen-bond acceptors (Lipinski definition) is 3. The van der Waals surface area contributed by atoms with Gasteiger partial charge in [-0.3, -0.25) is 0 Å². The molecular formula is C12H12OS2. The quantitative estimate of drug-likeness (QED) is 0.741. The van der Waals surface area contributed by atoms with Crippen LogP contribution in [0.4, 0.5) is 0 Å². The van der Waals surface area contributed by atoms with Crippen LogP contribution in [-0.4, -0.2) is 7.11 Å². The van der Waals surface area contributed by atoms with Crippen LogP contribution in [-0.2, 0) is 5.75 Å². The van der Waals surface area contributed by atoms with E-state index in [0.717, 1.165) is 11.5 Å². The second-order valence-electron chi connectivity index (χ2n) is 3.10. The van der Waals surface area contributed by atoms with Gasteiger partial charge in [-0.1, -0.05) is 12.1 Å². The van der Waals surface area contributed by atoms with E-state index in [4.69, 9.17) is 4.74 Å². The monoisotopic (exact) mass is 236 g/mol. The largest absolute Gasteiger partial charge is 0.497 e. The van der Waals surface area contributed by atoms with E-state index in [1.54, 1.807) is 18.4 Å². The average Bonchev–Trinajstić information content (AvgIpc) is 2.80. The van der Waals surface area contributed by atoms with Gasteiger partial charge in [-0.15, -0.1) is 11.8 Å². The zero-order valence-corrected chi connectivity index (χ0v) is 10.1. The van der Waals surface area contributed by atoms with Crippen LogP contribution in [0.25, 0.3) is 0 Å². The topological polar surface area (TPSA) is 9.23 Å². The molecule has 0 radical (unpaired) electrons. The lowest BCUT2D eigenvalue weighted by Gasteiger charge is -2.02. The lowest BCUT2D eigenvalue weighted by molar-refractivity contribution is 0.414. The van der Waals surface area contributed by atoms with Gasteiger partial charge in [0, 0.05) is 16.0 Å². The van der Waals surface area contributed by atoms with Crippen LogP contribution in [0.3, 0.4) is 0 Å². The van der Waals surface area contributed by atoms with Gasteiger partial charge in [-0.05, 0) is 29.1 Å². The SMILES string of the molecule is COc1ccc(CSc2ccsc2)cc1. The molecule has 0 unspecified atom stereocenters. The molecule has 0 bridgehead atoms. The fourth-order valence-corrected chi connectivity index (χ4v) is 2.95. The summed E-state index contributed by atoms with van der Waals surface area (Å²) in [6, 6.07) is 10.4. The first-order valence-electron chi connectivity index (χ1n) is 4.66. The lowest BCUT2D eigenvalue weighted by Crippen LogP contribution is -1.83. The van der Waals surface area contributed by atoms with Crippen molar-refractivity contribution in [3.63, 3.8) is 0 Å². The van der Waals surface area contributed by atoms with Crippen molar-refractivity contribution in [3.05, 3.63) is 46.7 Å². The van der Waals surface area contributed by atoms with Crippen molar-refractivity contribution < 1.29 is 4.74 Å². The van der Waals surface area contributed by atoms with E-state index in [-0.39, 0.29) is 0 Å². The minimum Gasteiger partial charge on any atom is -0.497 e. The van der Waals surface area contributed by atoms with Crippen LogP contribution in [0.1, 0.15) is 5.56 Å². The highest BCUT2D eigenvalue weighted by molar-refractivity contribution is 7.98. The van der Waals surface area contributed by atoms with E-state index in [0.29, 0.717) is 0 Å². The van der Waals surface area contributed by atoms with Gasteiger partial charge in [0.25, 0.3) is 0 Å². The second-order valence-corrected chi connectivity index (χ2v) is 4.92. The van der Waals surface area contributed by atoms with E-state index in [9.17, 15) is 0 Å². The molecule has 15 heavy (non-hydrogen) atoms. The Morgan fingerprint density at radius 1 is 1.20 bits per heavy atom. The Morgan fingerprint density at radius 2 is 2.00 bits per heavy atom. The van der Waals surface area contributed by atoms with Gasteiger partial charge in [0.15, 0.2) is 0 Å². The van der Waals surface area contributed by atoms with Gasteiger partial charge >= 0.3 is 0 Å². The zero-order chi connectivity index (χ0) is 10.5. The molecule has 3 heteroatoms. The van der Waals surface area contributed by atoms with Crippen molar-refractivity contribution >= 4 is 23.1 Å². The summed E-state index contributed by atoms with van der Waals surface area (Å²) in [7, 11) is 1.69. The molecule has 0 fully saturated rings. The molecule has 2 rings (SSSR count). The summed E-state index contributed by atoms with van der Waals surface area (Å²) < 4.78 is 5.11. The molecule has 2 aromatic rings. The molecule has 0 aliphatic carbocycles. The Labute approximate surface area is 98.1 Å². The third-order valence-electron chi connectivity index (χ3n) is 2.06. The molecule has 1 heterocycles. The van der Waals surface area contributed by atoms with Gasteiger partial charge in [0.05, 0.1) is 7.11 Å². The minimum atomic E-state index is 0.916. The van der Waals surface area contributed by atoms with Crippen LogP contribution in [0.2, 0.25) is 0 Å². The number of ether oxygens (including phenoxy) is 1. The second kappa shape index (κ2) is 5.24. The number of methoxy groups -OCH3 is 1. The summed E-state index contributed by atoms with van der Waals surface area (Å²) in [6.45, 7) is 0. The summed E-state index contributed by atoms with van der Waals surface area (Å²) in [5, 5.41) is 4.28. The van der Waals surface area contributed by atoms with Crippen molar-refractivity contribution in [1.29, 1.82) is 0 Å². The maximum Gasteiger partial charge on any atom is 0.118 e. The van der Waals surface area contributed by atoms with Crippen LogP contribution >= 0.6 is 23.1 Å². The molecule has 1 nitrogen and oxygen atoms in total. The Morgan fingerprint density at radius 3 is 2.60 bits per heavy atom. The fourth-order valence-electron chi connectivity index (χ4n) is 1.22. The molecule has 0 atom stereocenters. The third kappa shape index (κ3) is 3.01. The first kappa shape index (κ1) is 10.6. The number of thiophene rings is 1. The highest BCUT2D eigenvalue weighted by Gasteiger charge is 1.97. The maximum atomic E-state index is 5.11. The smallest absolute Gasteiger partial charge is 0.118 e. The lowest BCUT2D eigenvalue weighted by atomic mass is 10.2. The summed E-state index contributed by atoms with van der Waals surface area (Å²) in [4.78, 5) is 1.34. The van der Waals surface area contributed by atoms with Crippen molar-refractivity contribution in [1.82, 2.24) is 0 Å². The molecule has 0 aliphatic heterocycles. The van der Waals surface area contributed by atoms with Crippen molar-refractivity contribution in [2.45, 2.75) is 10.6 Å². The van der Waals surface area contributed by atoms with Gasteiger partial charge < -0.3 is 4.74 Å². The predicted octanol–water partition coefficient (Wildman–Crippen LogP) is 4.05. The van der Waals surface area contributed by atoms with Gasteiger partial charge in [-0.2, -0.15) is 11.3 Å². The Balaban J connectivity index is 1.93. The molecular weight excluding hydrogens is 224 g/mol. The van der Waals surface area contributed by atoms with Crippen molar-refractivity contribution in [2.75, 3.05) is 7.11 Å². The van der Waals surface area contributed by atoms with Crippen LogP contribution in [0, 0.1) is 0 Å². The molecule has 0 saturated heterocycles. The van der Waals surface area contributed by atoms with E-state index >= 15 is 0 Å². The highest BCUT2D eigenvalue weighted by Crippen LogP contribution is 2.25. The zero-order valence-electron chi connectivity index (χ0n) is 8.47. The Bertz CT molecular complexity index is 392. The average molecular weight is 236 g/mol. The molecule has 0 saturated carbocycles. The normalized spacial score (nSPS) is 10.2. The molecule has 1 aromatic carbocycles. The molecule has 0 aliphatic rings. The van der Waals surface area contributed by atoms with E-state index in [1.807, 2.05) is 23.9 Å². The van der Waals surface area contributed by atoms with E-state index in [1.165, 1.54) is 10.5 Å². The van der Waals surface area contributed by atoms with Crippen LogP contribution in [0.15, 0.2) is 46.0 Å². The molecule has 0 spiro atoms. The number of hydrogen-bond donors (Lipinski definition) is 0. The van der Waals surface area contributed by atoms with E-state index in [2.05, 4.69) is 29.0 Å². The van der Waals surface area contributed by atoms with Crippen LogP contribution in [0.5, 0.6) is 5.75 Å². The first-order chi connectivity index (χ1) is 7.38. The minimum absolute atomic E-state index is 0.916. The molecule has 78 valence electrons. The van der Waals surface area contributed by atoms with Gasteiger partial charge in [-0.25, -0.2) is 0 Å². The summed E-state index contributed by atoms with van der Waals surface area (Å²) in [5.41, 5.74) is 1.33. The predicted molar refractivity (Wildman–Crippen MR) is 66.9 cm³/mol. The summed E-state index contributed by atoms with van der Waals surface area (Å²) in [5.74, 6) is 1.93. The van der Waals surface area contributed by atoms with Crippen molar-refractivity contribution in [2.24, 2.45) is 0 Å². The summed E-state index contributed by atoms with van der Waals surface area (Å²) >= 11 is 3.60. The molecule has 1 aromatic heterocycles. The number of thioether (sulfide) groups is 1. The maximum absolute atomic E-state index is 5.11. The highest BCUT2D eigenvalue weighted by atomic mass is 32.2. The van der Waals surface area contributed by atoms with Crippen LogP contribution < -0.4 is 4.74 Å². The van der Waals surface area contributed by atoms with E-state index < -0.39 is 0 Å². The van der Waals surface area contributed by atoms with Crippen molar-refractivity contribution in [3.8, 4) is 5.75 Å². The van der Waals surface area contributed by atoms with Gasteiger partial charge in [0.2, 0.25) is 0 Å². The number of rotatable bonds is 4. The Kier molecular flexibility index (Phi) is 3.69. The fraction of sp³-hybridized carbons (Fsp3) is 0.167. The molecule has 0 N–H and O–H groups in total. The van der Waals surface area contributed by atoms with Gasteiger partial charge in [0.1, 0.15) is 5.75 Å². The first-order valence-corrected chi connectivity index (χ1v) is 6.59.